The highest BCUT2D eigenvalue weighted by atomic mass is 16.5. The second-order valence-electron chi connectivity index (χ2n) is 12.3. The largest absolute Gasteiger partial charge is 0.380 e. The van der Waals surface area contributed by atoms with E-state index in [1.165, 1.54) is 19.8 Å². The minimum Gasteiger partial charge on any atom is -0.380 e. The van der Waals surface area contributed by atoms with Gasteiger partial charge in [-0.25, -0.2) is 0 Å². The minimum absolute atomic E-state index is 0.0290. The van der Waals surface area contributed by atoms with Crippen LogP contribution < -0.4 is 16.0 Å². The van der Waals surface area contributed by atoms with Gasteiger partial charge < -0.3 is 25.6 Å². The second kappa shape index (κ2) is 18.8. The van der Waals surface area contributed by atoms with Gasteiger partial charge in [-0.2, -0.15) is 0 Å². The van der Waals surface area contributed by atoms with Gasteiger partial charge >= 0.3 is 0 Å². The van der Waals surface area contributed by atoms with Gasteiger partial charge in [0.15, 0.2) is 0 Å². The maximum atomic E-state index is 13.2. The lowest BCUT2D eigenvalue weighted by Gasteiger charge is -2.31. The number of methoxy groups -OCH3 is 1. The van der Waals surface area contributed by atoms with Crippen molar-refractivity contribution in [2.45, 2.75) is 78.9 Å². The number of benzene rings is 1. The summed E-state index contributed by atoms with van der Waals surface area (Å²) >= 11 is 0. The van der Waals surface area contributed by atoms with Crippen LogP contribution in [0.4, 0.5) is 5.69 Å². The molecule has 0 spiro atoms. The molecule has 12 nitrogen and oxygen atoms in total. The first kappa shape index (κ1) is 38.1. The summed E-state index contributed by atoms with van der Waals surface area (Å²) in [4.78, 5) is 76.0. The predicted molar refractivity (Wildman–Crippen MR) is 175 cm³/mol. The number of carbonyl (C=O) groups excluding carboxylic acids is 6. The van der Waals surface area contributed by atoms with Crippen molar-refractivity contribution in [2.24, 2.45) is 17.8 Å². The van der Waals surface area contributed by atoms with Gasteiger partial charge in [-0.05, 0) is 49.3 Å². The monoisotopic (exact) mass is 641 g/mol. The van der Waals surface area contributed by atoms with Crippen molar-refractivity contribution in [1.82, 2.24) is 20.4 Å². The first-order valence-corrected chi connectivity index (χ1v) is 16.0. The Morgan fingerprint density at radius 1 is 0.978 bits per heavy atom. The molecule has 1 aliphatic rings. The topological polar surface area (TPSA) is 154 Å². The molecule has 2 rings (SSSR count). The molecule has 0 saturated carbocycles. The van der Waals surface area contributed by atoms with Gasteiger partial charge in [-0.15, -0.1) is 0 Å². The molecule has 0 aliphatic carbocycles. The van der Waals surface area contributed by atoms with Crippen LogP contribution in [0.15, 0.2) is 36.4 Å². The molecular weight excluding hydrogens is 590 g/mol. The molecule has 1 aliphatic heterocycles. The molecule has 0 fully saturated rings. The van der Waals surface area contributed by atoms with E-state index < -0.39 is 42.1 Å². The normalized spacial score (nSPS) is 15.9. The summed E-state index contributed by atoms with van der Waals surface area (Å²) in [6, 6.07) is 6.27. The number of hydrogen-bond acceptors (Lipinski definition) is 7. The summed E-state index contributed by atoms with van der Waals surface area (Å²) in [5, 5.41) is 7.60. The molecule has 1 heterocycles. The standard InChI is InChI=1S/C34H51N5O7/c1-8-22(2)11-9-12-23(3)32(46-7)24(4)34(45)38(6)18-17-26-13-10-14-27(19-26)37-28(40)20-35-33(44)25(5)36-29(41)21-39-30(42)15-16-31(39)43/h10,13-16,19,22-25,32H,8-9,11-12,17-18,20-21H2,1-7H3,(H,35,44)(H,36,41)(H,37,40). The highest BCUT2D eigenvalue weighted by Crippen LogP contribution is 2.24. The molecule has 12 heteroatoms. The van der Waals surface area contributed by atoms with Crippen LogP contribution in [0.5, 0.6) is 0 Å². The van der Waals surface area contributed by atoms with E-state index in [9.17, 15) is 28.8 Å². The summed E-state index contributed by atoms with van der Waals surface area (Å²) in [6.07, 6.45) is 7.05. The van der Waals surface area contributed by atoms with Crippen LogP contribution in [0.2, 0.25) is 0 Å². The smallest absolute Gasteiger partial charge is 0.254 e. The van der Waals surface area contributed by atoms with Crippen LogP contribution in [0, 0.1) is 17.8 Å². The molecule has 0 radical (unpaired) electrons. The number of likely N-dealkylation sites (N-methyl/N-ethyl adjacent to an activating group) is 1. The molecular formula is C34H51N5O7. The third-order valence-electron chi connectivity index (χ3n) is 8.49. The van der Waals surface area contributed by atoms with E-state index in [1.54, 1.807) is 31.2 Å². The van der Waals surface area contributed by atoms with E-state index in [-0.39, 0.29) is 30.4 Å². The van der Waals surface area contributed by atoms with Crippen molar-refractivity contribution in [2.75, 3.05) is 39.1 Å². The Bertz CT molecular complexity index is 1250. The van der Waals surface area contributed by atoms with E-state index in [1.807, 2.05) is 19.1 Å². The van der Waals surface area contributed by atoms with Crippen LogP contribution >= 0.6 is 0 Å². The zero-order chi connectivity index (χ0) is 34.4. The Kier molecular flexibility index (Phi) is 15.6. The number of ether oxygens (including phenoxy) is 1. The first-order chi connectivity index (χ1) is 21.8. The molecule has 6 amide bonds. The summed E-state index contributed by atoms with van der Waals surface area (Å²) < 4.78 is 5.78. The summed E-state index contributed by atoms with van der Waals surface area (Å²) in [5.74, 6) is -2.23. The van der Waals surface area contributed by atoms with Crippen LogP contribution in [0.25, 0.3) is 0 Å². The van der Waals surface area contributed by atoms with Gasteiger partial charge in [0.05, 0.1) is 18.6 Å². The molecule has 46 heavy (non-hydrogen) atoms. The molecule has 5 unspecified atom stereocenters. The predicted octanol–water partition coefficient (Wildman–Crippen LogP) is 2.68. The van der Waals surface area contributed by atoms with E-state index in [0.29, 0.717) is 24.6 Å². The van der Waals surface area contributed by atoms with Gasteiger partial charge in [-0.3, -0.25) is 33.7 Å². The molecule has 0 bridgehead atoms. The van der Waals surface area contributed by atoms with Crippen LogP contribution in [-0.4, -0.2) is 91.2 Å². The Balaban J connectivity index is 1.79. The average molecular weight is 642 g/mol. The Morgan fingerprint density at radius 2 is 1.65 bits per heavy atom. The lowest BCUT2D eigenvalue weighted by molar-refractivity contribution is -0.141. The number of nitrogens with zero attached hydrogens (tertiary/aromatic N) is 2. The number of anilines is 1. The molecule has 5 atom stereocenters. The Hall–Kier alpha value is -4.06. The fourth-order valence-corrected chi connectivity index (χ4v) is 5.39. The third-order valence-corrected chi connectivity index (χ3v) is 8.49. The summed E-state index contributed by atoms with van der Waals surface area (Å²) in [6.45, 7) is 9.64. The molecule has 254 valence electrons. The van der Waals surface area contributed by atoms with Crippen molar-refractivity contribution in [3.05, 3.63) is 42.0 Å². The Morgan fingerprint density at radius 3 is 2.28 bits per heavy atom. The van der Waals surface area contributed by atoms with E-state index in [0.717, 1.165) is 35.5 Å². The first-order valence-electron chi connectivity index (χ1n) is 16.0. The highest BCUT2D eigenvalue weighted by Gasteiger charge is 2.30. The van der Waals surface area contributed by atoms with Crippen molar-refractivity contribution in [1.29, 1.82) is 0 Å². The van der Waals surface area contributed by atoms with Crippen molar-refractivity contribution in [3.8, 4) is 0 Å². The molecule has 3 N–H and O–H groups in total. The van der Waals surface area contributed by atoms with Gasteiger partial charge in [0, 0.05) is 38.5 Å². The number of nitrogens with one attached hydrogen (secondary N) is 3. The van der Waals surface area contributed by atoms with E-state index >= 15 is 0 Å². The molecule has 0 saturated heterocycles. The van der Waals surface area contributed by atoms with Crippen molar-refractivity contribution in [3.63, 3.8) is 0 Å². The molecule has 1 aromatic carbocycles. The van der Waals surface area contributed by atoms with Crippen molar-refractivity contribution < 1.29 is 33.5 Å². The number of imide groups is 1. The van der Waals surface area contributed by atoms with E-state index in [4.69, 9.17) is 4.74 Å². The minimum atomic E-state index is -0.996. The number of hydrogen-bond donors (Lipinski definition) is 3. The number of amides is 6. The third kappa shape index (κ3) is 12.0. The van der Waals surface area contributed by atoms with Crippen LogP contribution in [-0.2, 0) is 39.9 Å². The molecule has 0 aromatic heterocycles. The van der Waals surface area contributed by atoms with Gasteiger partial charge in [0.25, 0.3) is 11.8 Å². The van der Waals surface area contributed by atoms with Crippen LogP contribution in [0.1, 0.15) is 65.9 Å². The maximum absolute atomic E-state index is 13.2. The zero-order valence-corrected chi connectivity index (χ0v) is 28.3. The number of carbonyl (C=O) groups is 6. The zero-order valence-electron chi connectivity index (χ0n) is 28.3. The fraction of sp³-hybridized carbons (Fsp3) is 0.588. The fourth-order valence-electron chi connectivity index (χ4n) is 5.39. The highest BCUT2D eigenvalue weighted by molar-refractivity contribution is 6.14. The van der Waals surface area contributed by atoms with Gasteiger partial charge in [-0.1, -0.05) is 59.1 Å². The summed E-state index contributed by atoms with van der Waals surface area (Å²) in [7, 11) is 3.46. The Labute approximate surface area is 272 Å². The number of rotatable bonds is 19. The maximum Gasteiger partial charge on any atom is 0.254 e. The van der Waals surface area contributed by atoms with E-state index in [2.05, 4.69) is 36.7 Å². The van der Waals surface area contributed by atoms with Crippen LogP contribution in [0.3, 0.4) is 0 Å². The quantitative estimate of drug-likeness (QED) is 0.196. The summed E-state index contributed by atoms with van der Waals surface area (Å²) in [5.41, 5.74) is 1.47. The lowest BCUT2D eigenvalue weighted by atomic mass is 9.87. The van der Waals surface area contributed by atoms with Crippen molar-refractivity contribution >= 4 is 41.1 Å². The van der Waals surface area contributed by atoms with Gasteiger partial charge in [0.1, 0.15) is 12.6 Å². The molecule has 1 aromatic rings. The lowest BCUT2D eigenvalue weighted by Crippen LogP contribution is -2.49. The van der Waals surface area contributed by atoms with Gasteiger partial charge in [0.2, 0.25) is 23.6 Å². The second-order valence-corrected chi connectivity index (χ2v) is 12.3. The average Bonchev–Trinajstić information content (AvgIpc) is 3.34. The SMILES string of the molecule is CCC(C)CCCC(C)C(OC)C(C)C(=O)N(C)CCc1cccc(NC(=O)CNC(=O)C(C)NC(=O)CN2C(=O)C=CC2=O)c1.